The maximum absolute atomic E-state index is 12.2. The van der Waals surface area contributed by atoms with Gasteiger partial charge in [-0.1, -0.05) is 23.8 Å². The van der Waals surface area contributed by atoms with Crippen LogP contribution in [0.4, 0.5) is 0 Å². The lowest BCUT2D eigenvalue weighted by molar-refractivity contribution is -0.130. The Bertz CT molecular complexity index is 670. The molecule has 122 valence electrons. The number of amides is 1. The van der Waals surface area contributed by atoms with E-state index < -0.39 is 10.0 Å². The number of hydrogen-bond acceptors (Lipinski definition) is 3. The van der Waals surface area contributed by atoms with Gasteiger partial charge in [0.1, 0.15) is 0 Å². The van der Waals surface area contributed by atoms with Crippen LogP contribution in [-0.4, -0.2) is 56.5 Å². The summed E-state index contributed by atoms with van der Waals surface area (Å²) in [6.07, 6.45) is 2.04. The van der Waals surface area contributed by atoms with Gasteiger partial charge in [0, 0.05) is 26.1 Å². The number of nitrogens with zero attached hydrogens (tertiary/aromatic N) is 2. The molecule has 22 heavy (non-hydrogen) atoms. The van der Waals surface area contributed by atoms with Crippen LogP contribution in [0.2, 0.25) is 0 Å². The van der Waals surface area contributed by atoms with Gasteiger partial charge in [-0.3, -0.25) is 4.79 Å². The summed E-state index contributed by atoms with van der Waals surface area (Å²) >= 11 is 0. The Hall–Kier alpha value is -1.40. The van der Waals surface area contributed by atoms with E-state index in [1.807, 2.05) is 0 Å². The van der Waals surface area contributed by atoms with Gasteiger partial charge in [-0.15, -0.1) is 0 Å². The summed E-state index contributed by atoms with van der Waals surface area (Å²) in [4.78, 5) is 14.0. The molecule has 0 N–H and O–H groups in total. The van der Waals surface area contributed by atoms with Crippen molar-refractivity contribution in [1.82, 2.24) is 9.21 Å². The van der Waals surface area contributed by atoms with Crippen LogP contribution in [-0.2, 0) is 14.8 Å². The summed E-state index contributed by atoms with van der Waals surface area (Å²) in [6.45, 7) is 5.44. The van der Waals surface area contributed by atoms with Gasteiger partial charge in [-0.2, -0.15) is 4.31 Å². The van der Waals surface area contributed by atoms with Crippen LogP contribution in [0.25, 0.3) is 0 Å². The number of hydrogen-bond donors (Lipinski definition) is 0. The molecule has 0 aromatic heterocycles. The maximum atomic E-state index is 12.2. The standard InChI is InChI=1S/C16H24N2O3S/c1-12-5-6-15(13(2)9-12)14-7-8-18(10-14)16(19)11-17(3)22(4,20)21/h5-6,9,14H,7-8,10-11H2,1-4H3/t14-/m1/s1. The molecule has 0 radical (unpaired) electrons. The molecule has 1 amide bonds. The molecule has 0 spiro atoms. The molecule has 1 aromatic carbocycles. The minimum Gasteiger partial charge on any atom is -0.341 e. The van der Waals surface area contributed by atoms with Crippen LogP contribution in [0.3, 0.4) is 0 Å². The third-order valence-corrected chi connectivity index (χ3v) is 5.59. The highest BCUT2D eigenvalue weighted by Gasteiger charge is 2.29. The van der Waals surface area contributed by atoms with Crippen LogP contribution >= 0.6 is 0 Å². The molecule has 1 atom stereocenters. The Kier molecular flexibility index (Phi) is 4.92. The van der Waals surface area contributed by atoms with Crippen LogP contribution < -0.4 is 0 Å². The van der Waals surface area contributed by atoms with E-state index in [0.717, 1.165) is 17.0 Å². The first-order valence-corrected chi connectivity index (χ1v) is 9.29. The van der Waals surface area contributed by atoms with Gasteiger partial charge >= 0.3 is 0 Å². The predicted octanol–water partition coefficient (Wildman–Crippen LogP) is 1.51. The lowest BCUT2D eigenvalue weighted by atomic mass is 9.93. The first-order valence-electron chi connectivity index (χ1n) is 7.44. The third kappa shape index (κ3) is 3.87. The molecular formula is C16H24N2O3S. The number of benzene rings is 1. The van der Waals surface area contributed by atoms with Crippen molar-refractivity contribution in [3.63, 3.8) is 0 Å². The van der Waals surface area contributed by atoms with Crippen LogP contribution in [0.15, 0.2) is 18.2 Å². The fourth-order valence-corrected chi connectivity index (χ4v) is 3.28. The highest BCUT2D eigenvalue weighted by molar-refractivity contribution is 7.88. The molecule has 0 unspecified atom stereocenters. The summed E-state index contributed by atoms with van der Waals surface area (Å²) in [6, 6.07) is 6.41. The predicted molar refractivity (Wildman–Crippen MR) is 87.3 cm³/mol. The first-order chi connectivity index (χ1) is 10.2. The van der Waals surface area contributed by atoms with Gasteiger partial charge in [0.15, 0.2) is 0 Å². The summed E-state index contributed by atoms with van der Waals surface area (Å²) < 4.78 is 23.9. The number of aryl methyl sites for hydroxylation is 2. The van der Waals surface area contributed by atoms with Crippen molar-refractivity contribution in [3.8, 4) is 0 Å². The minimum atomic E-state index is -3.32. The van der Waals surface area contributed by atoms with E-state index in [9.17, 15) is 13.2 Å². The van der Waals surface area contributed by atoms with E-state index in [0.29, 0.717) is 19.0 Å². The number of carbonyl (C=O) groups excluding carboxylic acids is 1. The minimum absolute atomic E-state index is 0.0849. The van der Waals surface area contributed by atoms with E-state index in [-0.39, 0.29) is 12.5 Å². The maximum Gasteiger partial charge on any atom is 0.237 e. The molecule has 2 rings (SSSR count). The highest BCUT2D eigenvalue weighted by Crippen LogP contribution is 2.30. The molecule has 5 nitrogen and oxygen atoms in total. The van der Waals surface area contributed by atoms with Crippen LogP contribution in [0, 0.1) is 13.8 Å². The SMILES string of the molecule is Cc1ccc([C@@H]2CCN(C(=O)CN(C)S(C)(=O)=O)C2)c(C)c1. The zero-order chi connectivity index (χ0) is 16.5. The second-order valence-corrected chi connectivity index (χ2v) is 8.29. The van der Waals surface area contributed by atoms with Gasteiger partial charge in [0.2, 0.25) is 15.9 Å². The monoisotopic (exact) mass is 324 g/mol. The lowest BCUT2D eigenvalue weighted by Crippen LogP contribution is -2.39. The van der Waals surface area contributed by atoms with E-state index in [4.69, 9.17) is 0 Å². The molecule has 0 saturated carbocycles. The molecule has 0 aliphatic carbocycles. The van der Waals surface area contributed by atoms with E-state index in [1.54, 1.807) is 4.90 Å². The second kappa shape index (κ2) is 6.38. The molecule has 1 fully saturated rings. The van der Waals surface area contributed by atoms with E-state index in [2.05, 4.69) is 32.0 Å². The Morgan fingerprint density at radius 1 is 1.36 bits per heavy atom. The van der Waals surface area contributed by atoms with Crippen molar-refractivity contribution >= 4 is 15.9 Å². The molecule has 1 aliphatic heterocycles. The molecular weight excluding hydrogens is 300 g/mol. The normalized spacial score (nSPS) is 19.0. The summed E-state index contributed by atoms with van der Waals surface area (Å²) in [5.41, 5.74) is 3.78. The van der Waals surface area contributed by atoms with Crippen LogP contribution in [0.1, 0.15) is 29.0 Å². The molecule has 1 aromatic rings. The fraction of sp³-hybridized carbons (Fsp3) is 0.562. The van der Waals surface area contributed by atoms with Gasteiger partial charge in [0.05, 0.1) is 12.8 Å². The third-order valence-electron chi connectivity index (χ3n) is 4.33. The Morgan fingerprint density at radius 3 is 2.64 bits per heavy atom. The topological polar surface area (TPSA) is 57.7 Å². The highest BCUT2D eigenvalue weighted by atomic mass is 32.2. The summed E-state index contributed by atoms with van der Waals surface area (Å²) in [5.74, 6) is 0.216. The van der Waals surface area contributed by atoms with Gasteiger partial charge < -0.3 is 4.90 Å². The number of rotatable bonds is 4. The molecule has 1 saturated heterocycles. The van der Waals surface area contributed by atoms with Crippen molar-refractivity contribution in [1.29, 1.82) is 0 Å². The number of likely N-dealkylation sites (tertiary alicyclic amines) is 1. The summed E-state index contributed by atoms with van der Waals surface area (Å²) in [5, 5.41) is 0. The van der Waals surface area contributed by atoms with Crippen molar-refractivity contribution in [3.05, 3.63) is 34.9 Å². The van der Waals surface area contributed by atoms with Crippen molar-refractivity contribution in [2.24, 2.45) is 0 Å². The number of carbonyl (C=O) groups is 1. The number of sulfonamides is 1. The quantitative estimate of drug-likeness (QED) is 0.843. The molecule has 6 heteroatoms. The van der Waals surface area contributed by atoms with Crippen molar-refractivity contribution < 1.29 is 13.2 Å². The number of likely N-dealkylation sites (N-methyl/N-ethyl adjacent to an activating group) is 1. The van der Waals surface area contributed by atoms with Gasteiger partial charge in [-0.25, -0.2) is 8.42 Å². The fourth-order valence-electron chi connectivity index (χ4n) is 2.93. The second-order valence-electron chi connectivity index (χ2n) is 6.20. The van der Waals surface area contributed by atoms with Gasteiger partial charge in [-0.05, 0) is 31.4 Å². The average molecular weight is 324 g/mol. The van der Waals surface area contributed by atoms with Gasteiger partial charge in [0.25, 0.3) is 0 Å². The Labute approximate surface area is 133 Å². The van der Waals surface area contributed by atoms with Crippen molar-refractivity contribution in [2.45, 2.75) is 26.2 Å². The summed E-state index contributed by atoms with van der Waals surface area (Å²) in [7, 11) is -1.88. The largest absolute Gasteiger partial charge is 0.341 e. The van der Waals surface area contributed by atoms with Crippen LogP contribution in [0.5, 0.6) is 0 Å². The lowest BCUT2D eigenvalue weighted by Gasteiger charge is -2.21. The Morgan fingerprint density at radius 2 is 2.05 bits per heavy atom. The average Bonchev–Trinajstić information content (AvgIpc) is 2.87. The van der Waals surface area contributed by atoms with E-state index >= 15 is 0 Å². The molecule has 1 heterocycles. The van der Waals surface area contributed by atoms with Crippen molar-refractivity contribution in [2.75, 3.05) is 32.9 Å². The molecule has 1 aliphatic rings. The zero-order valence-electron chi connectivity index (χ0n) is 13.7. The zero-order valence-corrected chi connectivity index (χ0v) is 14.5. The van der Waals surface area contributed by atoms with E-state index in [1.165, 1.54) is 23.7 Å². The molecule has 0 bridgehead atoms. The Balaban J connectivity index is 2.02. The smallest absolute Gasteiger partial charge is 0.237 e. The first kappa shape index (κ1) is 17.0.